The van der Waals surface area contributed by atoms with Gasteiger partial charge in [-0.1, -0.05) is 49.0 Å². The maximum Gasteiger partial charge on any atom is 0.234 e. The van der Waals surface area contributed by atoms with E-state index in [9.17, 15) is 4.79 Å². The van der Waals surface area contributed by atoms with E-state index in [1.807, 2.05) is 60.2 Å². The van der Waals surface area contributed by atoms with E-state index in [1.54, 1.807) is 12.5 Å². The molecule has 0 saturated heterocycles. The molecule has 4 rings (SSSR count). The molecule has 1 amide bonds. The number of rotatable bonds is 8. The molecule has 0 aliphatic carbocycles. The Hall–Kier alpha value is -3.39. The second kappa shape index (κ2) is 9.61. The minimum absolute atomic E-state index is 0.0819. The first kappa shape index (κ1) is 20.9. The van der Waals surface area contributed by atoms with Crippen LogP contribution in [0.4, 0.5) is 5.69 Å². The topological polar surface area (TPSA) is 77.6 Å². The number of aromatic nitrogens is 5. The zero-order chi connectivity index (χ0) is 21.6. The van der Waals surface area contributed by atoms with Crippen molar-refractivity contribution in [1.82, 2.24) is 24.3 Å². The normalized spacial score (nSPS) is 10.9. The maximum absolute atomic E-state index is 12.5. The number of anilines is 1. The maximum atomic E-state index is 12.5. The predicted molar refractivity (Wildman–Crippen MR) is 123 cm³/mol. The van der Waals surface area contributed by atoms with Crippen LogP contribution in [0.5, 0.6) is 0 Å². The van der Waals surface area contributed by atoms with Gasteiger partial charge in [0.1, 0.15) is 12.2 Å². The smallest absolute Gasteiger partial charge is 0.234 e. The van der Waals surface area contributed by atoms with Crippen LogP contribution < -0.4 is 5.32 Å². The van der Waals surface area contributed by atoms with Crippen LogP contribution in [-0.4, -0.2) is 36.0 Å². The first-order chi connectivity index (χ1) is 15.1. The number of para-hydroxylation sites is 1. The fourth-order valence-electron chi connectivity index (χ4n) is 3.32. The molecule has 31 heavy (non-hydrogen) atoms. The number of benzene rings is 2. The van der Waals surface area contributed by atoms with Gasteiger partial charge < -0.3 is 9.88 Å². The molecule has 0 bridgehead atoms. The summed E-state index contributed by atoms with van der Waals surface area (Å²) in [5.41, 5.74) is 4.17. The highest BCUT2D eigenvalue weighted by molar-refractivity contribution is 7.99. The van der Waals surface area contributed by atoms with Crippen LogP contribution in [0.1, 0.15) is 23.9 Å². The summed E-state index contributed by atoms with van der Waals surface area (Å²) in [5, 5.41) is 11.9. The molecule has 0 aliphatic rings. The number of nitrogens with one attached hydrogen (secondary N) is 1. The predicted octanol–water partition coefficient (Wildman–Crippen LogP) is 4.11. The van der Waals surface area contributed by atoms with Crippen molar-refractivity contribution in [3.63, 3.8) is 0 Å². The highest BCUT2D eigenvalue weighted by Gasteiger charge is 2.12. The third-order valence-electron chi connectivity index (χ3n) is 5.00. The minimum Gasteiger partial charge on any atom is -0.331 e. The monoisotopic (exact) mass is 432 g/mol. The largest absolute Gasteiger partial charge is 0.331 e. The zero-order valence-corrected chi connectivity index (χ0v) is 18.3. The van der Waals surface area contributed by atoms with Crippen molar-refractivity contribution in [2.24, 2.45) is 0 Å². The number of hydrogen-bond acceptors (Lipinski definition) is 5. The molecule has 7 nitrogen and oxygen atoms in total. The van der Waals surface area contributed by atoms with Gasteiger partial charge in [-0.15, -0.1) is 10.2 Å². The van der Waals surface area contributed by atoms with E-state index in [1.165, 1.54) is 17.3 Å². The van der Waals surface area contributed by atoms with Crippen molar-refractivity contribution >= 4 is 23.4 Å². The molecule has 0 saturated carbocycles. The molecule has 0 aliphatic heterocycles. The average molecular weight is 433 g/mol. The second-order valence-electron chi connectivity index (χ2n) is 7.10. The third kappa shape index (κ3) is 5.03. The Morgan fingerprint density at radius 2 is 1.94 bits per heavy atom. The van der Waals surface area contributed by atoms with Crippen molar-refractivity contribution in [3.8, 4) is 5.69 Å². The van der Waals surface area contributed by atoms with Gasteiger partial charge in [0.2, 0.25) is 5.91 Å². The highest BCUT2D eigenvalue weighted by Crippen LogP contribution is 2.23. The van der Waals surface area contributed by atoms with E-state index in [2.05, 4.69) is 38.1 Å². The lowest BCUT2D eigenvalue weighted by molar-refractivity contribution is -0.113. The number of carbonyl (C=O) groups is 1. The van der Waals surface area contributed by atoms with Gasteiger partial charge in [-0.05, 0) is 42.7 Å². The van der Waals surface area contributed by atoms with Gasteiger partial charge >= 0.3 is 0 Å². The molecular formula is C23H24N6OS. The Balaban J connectivity index is 1.35. The van der Waals surface area contributed by atoms with Gasteiger partial charge in [0.05, 0.1) is 11.4 Å². The molecule has 0 atom stereocenters. The summed E-state index contributed by atoms with van der Waals surface area (Å²) in [6.45, 7) is 4.85. The number of carbonyl (C=O) groups excluding carboxylic acids is 1. The Morgan fingerprint density at radius 3 is 2.68 bits per heavy atom. The van der Waals surface area contributed by atoms with Crippen LogP contribution in [0, 0.1) is 6.92 Å². The Bertz CT molecular complexity index is 1160. The van der Waals surface area contributed by atoms with Gasteiger partial charge in [-0.25, -0.2) is 4.98 Å². The summed E-state index contributed by atoms with van der Waals surface area (Å²) >= 11 is 1.37. The molecule has 0 unspecified atom stereocenters. The first-order valence-corrected chi connectivity index (χ1v) is 11.1. The molecule has 0 radical (unpaired) electrons. The van der Waals surface area contributed by atoms with Crippen molar-refractivity contribution in [2.75, 3.05) is 11.1 Å². The number of nitrogens with zero attached hydrogens (tertiary/aromatic N) is 5. The van der Waals surface area contributed by atoms with Gasteiger partial charge in [0.15, 0.2) is 5.16 Å². The molecule has 2 aromatic carbocycles. The molecule has 4 aromatic rings. The molecule has 0 fully saturated rings. The summed E-state index contributed by atoms with van der Waals surface area (Å²) in [6.07, 6.45) is 6.36. The molecule has 1 N–H and O–H groups in total. The van der Waals surface area contributed by atoms with Gasteiger partial charge in [-0.3, -0.25) is 9.36 Å². The van der Waals surface area contributed by atoms with Gasteiger partial charge in [0, 0.05) is 24.6 Å². The lowest BCUT2D eigenvalue weighted by Gasteiger charge is -2.11. The third-order valence-corrected chi connectivity index (χ3v) is 5.94. The average Bonchev–Trinajstić information content (AvgIpc) is 3.42. The fourth-order valence-corrected chi connectivity index (χ4v) is 4.04. The highest BCUT2D eigenvalue weighted by atomic mass is 32.2. The van der Waals surface area contributed by atoms with E-state index in [0.29, 0.717) is 5.16 Å². The van der Waals surface area contributed by atoms with Gasteiger partial charge in [0.25, 0.3) is 0 Å². The number of hydrogen-bond donors (Lipinski definition) is 1. The van der Waals surface area contributed by atoms with Crippen LogP contribution in [-0.2, 0) is 17.8 Å². The quantitative estimate of drug-likeness (QED) is 0.424. The summed E-state index contributed by atoms with van der Waals surface area (Å²) in [4.78, 5) is 16.7. The molecule has 2 heterocycles. The van der Waals surface area contributed by atoms with Crippen LogP contribution in [0.3, 0.4) is 0 Å². The van der Waals surface area contributed by atoms with Crippen molar-refractivity contribution < 1.29 is 4.79 Å². The molecule has 2 aromatic heterocycles. The first-order valence-electron chi connectivity index (χ1n) is 10.1. The van der Waals surface area contributed by atoms with Crippen LogP contribution in [0.25, 0.3) is 5.69 Å². The van der Waals surface area contributed by atoms with E-state index < -0.39 is 0 Å². The number of amides is 1. The second-order valence-corrected chi connectivity index (χ2v) is 8.04. The van der Waals surface area contributed by atoms with Crippen molar-refractivity contribution in [2.45, 2.75) is 32.0 Å². The number of imidazole rings is 1. The summed E-state index contributed by atoms with van der Waals surface area (Å²) in [5.74, 6) is 1.15. The van der Waals surface area contributed by atoms with Crippen molar-refractivity contribution in [3.05, 3.63) is 84.2 Å². The fraction of sp³-hybridized carbons (Fsp3) is 0.217. The van der Waals surface area contributed by atoms with Crippen LogP contribution >= 0.6 is 11.8 Å². The van der Waals surface area contributed by atoms with Crippen LogP contribution in [0.15, 0.2) is 72.4 Å². The Morgan fingerprint density at radius 1 is 1.13 bits per heavy atom. The van der Waals surface area contributed by atoms with E-state index >= 15 is 0 Å². The molecule has 8 heteroatoms. The van der Waals surface area contributed by atoms with Gasteiger partial charge in [-0.2, -0.15) is 0 Å². The van der Waals surface area contributed by atoms with E-state index in [0.717, 1.165) is 35.7 Å². The van der Waals surface area contributed by atoms with Crippen molar-refractivity contribution in [1.29, 1.82) is 0 Å². The summed E-state index contributed by atoms with van der Waals surface area (Å²) < 4.78 is 4.01. The lowest BCUT2D eigenvalue weighted by Crippen LogP contribution is -2.14. The standard InChI is InChI=1S/C23H24N6OS/c1-3-19-6-4-5-7-21(19)29-16-25-27-23(29)31-15-22(30)26-20-10-8-18(9-11-20)14-28-13-12-24-17(28)2/h4-13,16H,3,14-15H2,1-2H3,(H,26,30). The van der Waals surface area contributed by atoms with Crippen LogP contribution in [0.2, 0.25) is 0 Å². The Kier molecular flexibility index (Phi) is 6.47. The molecular weight excluding hydrogens is 408 g/mol. The van der Waals surface area contributed by atoms with E-state index in [4.69, 9.17) is 0 Å². The number of thioether (sulfide) groups is 1. The number of aryl methyl sites for hydroxylation is 2. The lowest BCUT2D eigenvalue weighted by atomic mass is 10.1. The Labute approximate surface area is 185 Å². The van der Waals surface area contributed by atoms with E-state index in [-0.39, 0.29) is 11.7 Å². The molecule has 158 valence electrons. The zero-order valence-electron chi connectivity index (χ0n) is 17.5. The SMILES string of the molecule is CCc1ccccc1-n1cnnc1SCC(=O)Nc1ccc(Cn2ccnc2C)cc1. The molecule has 0 spiro atoms. The summed E-state index contributed by atoms with van der Waals surface area (Å²) in [7, 11) is 0. The minimum atomic E-state index is -0.0819. The summed E-state index contributed by atoms with van der Waals surface area (Å²) in [6, 6.07) is 16.0.